The lowest BCUT2D eigenvalue weighted by Gasteiger charge is -2.43. The number of pyridine rings is 1. The predicted octanol–water partition coefficient (Wildman–Crippen LogP) is 4.61. The molecule has 1 N–H and O–H groups in total. The van der Waals surface area contributed by atoms with Crippen LogP contribution in [0.4, 0.5) is 5.69 Å². The molecule has 5 heteroatoms. The van der Waals surface area contributed by atoms with Crippen molar-refractivity contribution in [2.45, 2.75) is 26.1 Å². The largest absolute Gasteiger partial charge is 0.362 e. The van der Waals surface area contributed by atoms with Gasteiger partial charge in [-0.2, -0.15) is 0 Å². The van der Waals surface area contributed by atoms with Gasteiger partial charge < -0.3 is 10.2 Å². The Morgan fingerprint density at radius 2 is 1.84 bits per heavy atom. The van der Waals surface area contributed by atoms with Gasteiger partial charge in [-0.3, -0.25) is 9.78 Å². The van der Waals surface area contributed by atoms with Crippen molar-refractivity contribution in [3.05, 3.63) is 71.4 Å². The van der Waals surface area contributed by atoms with Crippen LogP contribution in [0.3, 0.4) is 0 Å². The lowest BCUT2D eigenvalue weighted by molar-refractivity contribution is 0.0559. The zero-order valence-electron chi connectivity index (χ0n) is 14.2. The number of nitrogens with one attached hydrogen (secondary N) is 1. The van der Waals surface area contributed by atoms with Crippen molar-refractivity contribution in [3.63, 3.8) is 0 Å². The molecule has 2 aromatic heterocycles. The summed E-state index contributed by atoms with van der Waals surface area (Å²) in [5.41, 5.74) is 2.67. The van der Waals surface area contributed by atoms with E-state index in [1.807, 2.05) is 49.1 Å². The number of anilines is 1. The van der Waals surface area contributed by atoms with Crippen molar-refractivity contribution in [2.24, 2.45) is 0 Å². The number of carbonyl (C=O) groups is 1. The monoisotopic (exact) mass is 349 g/mol. The molecule has 0 saturated heterocycles. The van der Waals surface area contributed by atoms with Gasteiger partial charge >= 0.3 is 0 Å². The normalized spacial score (nSPS) is 15.6. The third kappa shape index (κ3) is 2.91. The van der Waals surface area contributed by atoms with Crippen molar-refractivity contribution in [1.29, 1.82) is 0 Å². The SMILES string of the molecule is CC1(C)Nc2cc(-c3ccncc3)sc2C(=O)N1Cc1ccccc1. The van der Waals surface area contributed by atoms with Crippen molar-refractivity contribution in [3.8, 4) is 10.4 Å². The fourth-order valence-electron chi connectivity index (χ4n) is 3.11. The Balaban J connectivity index is 1.70. The number of amides is 1. The molecule has 1 amide bonds. The Bertz CT molecular complexity index is 903. The lowest BCUT2D eigenvalue weighted by Crippen LogP contribution is -2.55. The van der Waals surface area contributed by atoms with E-state index in [4.69, 9.17) is 0 Å². The first-order valence-corrected chi connectivity index (χ1v) is 9.04. The summed E-state index contributed by atoms with van der Waals surface area (Å²) in [4.78, 5) is 21.0. The summed E-state index contributed by atoms with van der Waals surface area (Å²) in [6.07, 6.45) is 3.55. The quantitative estimate of drug-likeness (QED) is 0.751. The van der Waals surface area contributed by atoms with Crippen LogP contribution in [0.5, 0.6) is 0 Å². The van der Waals surface area contributed by atoms with Gasteiger partial charge in [-0.05, 0) is 43.2 Å². The molecule has 126 valence electrons. The zero-order valence-corrected chi connectivity index (χ0v) is 15.0. The summed E-state index contributed by atoms with van der Waals surface area (Å²) in [6.45, 7) is 4.67. The molecule has 0 fully saturated rings. The van der Waals surface area contributed by atoms with E-state index in [0.717, 1.165) is 26.6 Å². The average molecular weight is 349 g/mol. The number of aromatic nitrogens is 1. The number of rotatable bonds is 3. The second kappa shape index (κ2) is 6.01. The first kappa shape index (κ1) is 15.8. The Hall–Kier alpha value is -2.66. The topological polar surface area (TPSA) is 45.2 Å². The summed E-state index contributed by atoms with van der Waals surface area (Å²) < 4.78 is 0. The molecular weight excluding hydrogens is 330 g/mol. The van der Waals surface area contributed by atoms with Gasteiger partial charge in [0.2, 0.25) is 0 Å². The maximum Gasteiger partial charge on any atom is 0.268 e. The van der Waals surface area contributed by atoms with Gasteiger partial charge in [0.1, 0.15) is 10.5 Å². The van der Waals surface area contributed by atoms with Crippen LogP contribution in [-0.2, 0) is 6.54 Å². The first-order valence-electron chi connectivity index (χ1n) is 8.23. The molecule has 1 aliphatic heterocycles. The van der Waals surface area contributed by atoms with Crippen LogP contribution in [0.25, 0.3) is 10.4 Å². The van der Waals surface area contributed by atoms with Gasteiger partial charge in [-0.25, -0.2) is 0 Å². The highest BCUT2D eigenvalue weighted by Gasteiger charge is 2.39. The Kier molecular flexibility index (Phi) is 3.81. The number of benzene rings is 1. The van der Waals surface area contributed by atoms with Crippen LogP contribution in [-0.4, -0.2) is 21.5 Å². The lowest BCUT2D eigenvalue weighted by atomic mass is 10.1. The molecule has 3 aromatic rings. The number of carbonyl (C=O) groups excluding carboxylic acids is 1. The van der Waals surface area contributed by atoms with Gasteiger partial charge in [0, 0.05) is 23.8 Å². The van der Waals surface area contributed by atoms with E-state index in [9.17, 15) is 4.79 Å². The van der Waals surface area contributed by atoms with Crippen LogP contribution >= 0.6 is 11.3 Å². The minimum atomic E-state index is -0.448. The van der Waals surface area contributed by atoms with Crippen LogP contribution in [0.1, 0.15) is 29.1 Å². The van der Waals surface area contributed by atoms with Gasteiger partial charge in [-0.1, -0.05) is 30.3 Å². The van der Waals surface area contributed by atoms with Crippen LogP contribution in [0, 0.1) is 0 Å². The van der Waals surface area contributed by atoms with Gasteiger partial charge in [0.05, 0.1) is 5.69 Å². The van der Waals surface area contributed by atoms with Crippen molar-refractivity contribution in [2.75, 3.05) is 5.32 Å². The van der Waals surface area contributed by atoms with E-state index in [0.29, 0.717) is 6.54 Å². The fraction of sp³-hybridized carbons (Fsp3) is 0.200. The third-order valence-corrected chi connectivity index (χ3v) is 5.61. The Labute approximate surface area is 151 Å². The Morgan fingerprint density at radius 1 is 1.12 bits per heavy atom. The molecule has 0 bridgehead atoms. The highest BCUT2D eigenvalue weighted by atomic mass is 32.1. The van der Waals surface area contributed by atoms with Gasteiger partial charge in [0.15, 0.2) is 0 Å². The van der Waals surface area contributed by atoms with Crippen LogP contribution in [0.15, 0.2) is 60.9 Å². The predicted molar refractivity (Wildman–Crippen MR) is 102 cm³/mol. The second-order valence-electron chi connectivity index (χ2n) is 6.65. The number of thiophene rings is 1. The molecule has 4 rings (SSSR count). The summed E-state index contributed by atoms with van der Waals surface area (Å²) in [5, 5.41) is 3.53. The molecule has 0 aliphatic carbocycles. The number of hydrogen-bond acceptors (Lipinski definition) is 4. The summed E-state index contributed by atoms with van der Waals surface area (Å²) in [7, 11) is 0. The Morgan fingerprint density at radius 3 is 2.56 bits per heavy atom. The number of hydrogen-bond donors (Lipinski definition) is 1. The third-order valence-electron chi connectivity index (χ3n) is 4.44. The molecular formula is C20H19N3OS. The van der Waals surface area contributed by atoms with E-state index in [1.165, 1.54) is 11.3 Å². The second-order valence-corrected chi connectivity index (χ2v) is 7.70. The molecule has 0 atom stereocenters. The van der Waals surface area contributed by atoms with Crippen LogP contribution in [0.2, 0.25) is 0 Å². The van der Waals surface area contributed by atoms with Crippen molar-refractivity contribution < 1.29 is 4.79 Å². The molecule has 4 nitrogen and oxygen atoms in total. The number of fused-ring (bicyclic) bond motifs is 1. The van der Waals surface area contributed by atoms with E-state index < -0.39 is 5.66 Å². The summed E-state index contributed by atoms with van der Waals surface area (Å²) in [5.74, 6) is 0.0768. The molecule has 1 aromatic carbocycles. The molecule has 25 heavy (non-hydrogen) atoms. The smallest absolute Gasteiger partial charge is 0.268 e. The van der Waals surface area contributed by atoms with E-state index in [-0.39, 0.29) is 5.91 Å². The van der Waals surface area contributed by atoms with Gasteiger partial charge in [0.25, 0.3) is 5.91 Å². The molecule has 0 saturated carbocycles. The average Bonchev–Trinajstić information content (AvgIpc) is 3.03. The highest BCUT2D eigenvalue weighted by molar-refractivity contribution is 7.18. The highest BCUT2D eigenvalue weighted by Crippen LogP contribution is 2.41. The minimum Gasteiger partial charge on any atom is -0.362 e. The summed E-state index contributed by atoms with van der Waals surface area (Å²) >= 11 is 1.53. The maximum absolute atomic E-state index is 13.2. The molecule has 1 aliphatic rings. The number of nitrogens with zero attached hydrogens (tertiary/aromatic N) is 2. The van der Waals surface area contributed by atoms with E-state index in [2.05, 4.69) is 28.5 Å². The fourth-order valence-corrected chi connectivity index (χ4v) is 4.18. The standard InChI is InChI=1S/C20H19N3OS/c1-20(2)22-16-12-17(15-8-10-21-11-9-15)25-18(16)19(24)23(20)13-14-6-4-3-5-7-14/h3-12,22H,13H2,1-2H3. The van der Waals surface area contributed by atoms with Crippen molar-refractivity contribution in [1.82, 2.24) is 9.88 Å². The van der Waals surface area contributed by atoms with Crippen LogP contribution < -0.4 is 5.32 Å². The zero-order chi connectivity index (χ0) is 17.4. The van der Waals surface area contributed by atoms with E-state index >= 15 is 0 Å². The minimum absolute atomic E-state index is 0.0768. The first-order chi connectivity index (χ1) is 12.0. The maximum atomic E-state index is 13.2. The molecule has 3 heterocycles. The van der Waals surface area contributed by atoms with Gasteiger partial charge in [-0.15, -0.1) is 11.3 Å². The summed E-state index contributed by atoms with van der Waals surface area (Å²) in [6, 6.07) is 16.1. The van der Waals surface area contributed by atoms with Crippen molar-refractivity contribution >= 4 is 22.9 Å². The van der Waals surface area contributed by atoms with E-state index in [1.54, 1.807) is 12.4 Å². The molecule has 0 radical (unpaired) electrons. The molecule has 0 spiro atoms. The molecule has 0 unspecified atom stereocenters.